The van der Waals surface area contributed by atoms with Gasteiger partial charge in [0.2, 0.25) is 0 Å². The maximum atomic E-state index is 12.8. The quantitative estimate of drug-likeness (QED) is 0.838. The van der Waals surface area contributed by atoms with E-state index in [4.69, 9.17) is 0 Å². The molecule has 0 bridgehead atoms. The number of carbonyl (C=O) groups excluding carboxylic acids is 1. The highest BCUT2D eigenvalue weighted by Crippen LogP contribution is 2.23. The Hall–Kier alpha value is -3.02. The van der Waals surface area contributed by atoms with E-state index in [1.807, 2.05) is 19.2 Å². The molecule has 0 aliphatic carbocycles. The first kappa shape index (κ1) is 18.8. The van der Waals surface area contributed by atoms with Gasteiger partial charge in [-0.25, -0.2) is 9.78 Å². The van der Waals surface area contributed by atoms with Crippen molar-refractivity contribution < 1.29 is 9.90 Å². The zero-order chi connectivity index (χ0) is 19.4. The number of imidazole rings is 1. The molecule has 0 atom stereocenters. The second kappa shape index (κ2) is 8.12. The minimum absolute atomic E-state index is 0.0919. The third-order valence-electron chi connectivity index (χ3n) is 5.12. The summed E-state index contributed by atoms with van der Waals surface area (Å²) >= 11 is 0. The fourth-order valence-corrected chi connectivity index (χ4v) is 3.46. The van der Waals surface area contributed by atoms with Crippen molar-refractivity contribution in [3.8, 4) is 17.0 Å². The molecule has 1 N–H and O–H groups in total. The molecular formula is C21H26N4O2. The van der Waals surface area contributed by atoms with Crippen LogP contribution in [0, 0.1) is 0 Å². The van der Waals surface area contributed by atoms with E-state index in [-0.39, 0.29) is 17.8 Å². The van der Waals surface area contributed by atoms with Gasteiger partial charge in [-0.15, -0.1) is 0 Å². The SMILES string of the molecule is C=CC=C(C)N1CCC(N(C)C(=O)n2cnc(-c3cccc(O)c3)c2)CC1. The van der Waals surface area contributed by atoms with E-state index in [1.165, 1.54) is 16.6 Å². The molecule has 1 aliphatic rings. The van der Waals surface area contributed by atoms with Crippen LogP contribution in [0.1, 0.15) is 19.8 Å². The number of amides is 1. The molecule has 142 valence electrons. The van der Waals surface area contributed by atoms with Crippen molar-refractivity contribution in [1.29, 1.82) is 0 Å². The summed E-state index contributed by atoms with van der Waals surface area (Å²) in [5.74, 6) is 0.179. The number of aromatic hydroxyl groups is 1. The number of phenolic OH excluding ortho intramolecular Hbond substituents is 1. The predicted octanol–water partition coefficient (Wildman–Crippen LogP) is 3.71. The molecular weight excluding hydrogens is 340 g/mol. The lowest BCUT2D eigenvalue weighted by molar-refractivity contribution is 0.151. The van der Waals surface area contributed by atoms with E-state index in [2.05, 4.69) is 23.4 Å². The summed E-state index contributed by atoms with van der Waals surface area (Å²) < 4.78 is 1.51. The van der Waals surface area contributed by atoms with Crippen LogP contribution in [0.15, 0.2) is 61.2 Å². The molecule has 3 rings (SSSR count). The largest absolute Gasteiger partial charge is 0.508 e. The van der Waals surface area contributed by atoms with Gasteiger partial charge in [0.05, 0.1) is 5.69 Å². The van der Waals surface area contributed by atoms with E-state index in [1.54, 1.807) is 35.4 Å². The number of allylic oxidation sites excluding steroid dienone is 3. The van der Waals surface area contributed by atoms with Crippen molar-refractivity contribution in [2.45, 2.75) is 25.8 Å². The summed E-state index contributed by atoms with van der Waals surface area (Å²) in [5.41, 5.74) is 2.65. The standard InChI is InChI=1S/C21H26N4O2/c1-4-6-16(2)24-11-9-18(10-12-24)23(3)21(27)25-14-20(22-15-25)17-7-5-8-19(26)13-17/h4-8,13-15,18,26H,1,9-12H2,2-3H3. The lowest BCUT2D eigenvalue weighted by atomic mass is 10.0. The molecule has 6 heteroatoms. The second-order valence-electron chi connectivity index (χ2n) is 6.87. The molecule has 1 amide bonds. The first-order valence-corrected chi connectivity index (χ1v) is 9.14. The molecule has 1 aromatic heterocycles. The van der Waals surface area contributed by atoms with Gasteiger partial charge in [0, 0.05) is 43.6 Å². The van der Waals surface area contributed by atoms with Crippen LogP contribution < -0.4 is 0 Å². The van der Waals surface area contributed by atoms with E-state index >= 15 is 0 Å². The summed E-state index contributed by atoms with van der Waals surface area (Å²) in [7, 11) is 1.85. The first-order valence-electron chi connectivity index (χ1n) is 9.14. The topological polar surface area (TPSA) is 61.6 Å². The minimum Gasteiger partial charge on any atom is -0.508 e. The molecule has 6 nitrogen and oxygen atoms in total. The molecule has 0 radical (unpaired) electrons. The predicted molar refractivity (Wildman–Crippen MR) is 106 cm³/mol. The highest BCUT2D eigenvalue weighted by molar-refractivity contribution is 5.78. The Kier molecular flexibility index (Phi) is 5.64. The van der Waals surface area contributed by atoms with Crippen LogP contribution >= 0.6 is 0 Å². The molecule has 1 aliphatic heterocycles. The maximum Gasteiger partial charge on any atom is 0.329 e. The van der Waals surface area contributed by atoms with Crippen molar-refractivity contribution in [3.05, 3.63) is 61.2 Å². The Balaban J connectivity index is 1.65. The van der Waals surface area contributed by atoms with Crippen LogP contribution in [0.2, 0.25) is 0 Å². The van der Waals surface area contributed by atoms with Gasteiger partial charge in [-0.1, -0.05) is 24.8 Å². The van der Waals surface area contributed by atoms with Crippen molar-refractivity contribution in [1.82, 2.24) is 19.4 Å². The van der Waals surface area contributed by atoms with Crippen molar-refractivity contribution in [2.24, 2.45) is 0 Å². The third-order valence-corrected chi connectivity index (χ3v) is 5.12. The molecule has 1 saturated heterocycles. The summed E-state index contributed by atoms with van der Waals surface area (Å²) in [6, 6.07) is 6.97. The Morgan fingerprint density at radius 1 is 1.37 bits per heavy atom. The lowest BCUT2D eigenvalue weighted by Gasteiger charge is -2.38. The zero-order valence-corrected chi connectivity index (χ0v) is 15.9. The number of carbonyl (C=O) groups is 1. The van der Waals surface area contributed by atoms with Crippen molar-refractivity contribution in [3.63, 3.8) is 0 Å². The third kappa shape index (κ3) is 4.22. The average Bonchev–Trinajstić information content (AvgIpc) is 3.17. The molecule has 1 aromatic carbocycles. The zero-order valence-electron chi connectivity index (χ0n) is 15.9. The molecule has 27 heavy (non-hydrogen) atoms. The minimum atomic E-state index is -0.0919. The Morgan fingerprint density at radius 2 is 2.11 bits per heavy atom. The molecule has 2 aromatic rings. The van der Waals surface area contributed by atoms with Gasteiger partial charge in [-0.3, -0.25) is 4.57 Å². The van der Waals surface area contributed by atoms with Gasteiger partial charge in [0.15, 0.2) is 0 Å². The molecule has 0 spiro atoms. The van der Waals surface area contributed by atoms with Crippen LogP contribution in [0.3, 0.4) is 0 Å². The number of phenols is 1. The van der Waals surface area contributed by atoms with Crippen molar-refractivity contribution >= 4 is 6.03 Å². The fraction of sp³-hybridized carbons (Fsp3) is 0.333. The number of hydrogen-bond acceptors (Lipinski definition) is 4. The fourth-order valence-electron chi connectivity index (χ4n) is 3.46. The van der Waals surface area contributed by atoms with Crippen molar-refractivity contribution in [2.75, 3.05) is 20.1 Å². The monoisotopic (exact) mass is 366 g/mol. The average molecular weight is 366 g/mol. The number of aromatic nitrogens is 2. The van der Waals surface area contributed by atoms with Gasteiger partial charge < -0.3 is 14.9 Å². The van der Waals surface area contributed by atoms with Gasteiger partial charge >= 0.3 is 6.03 Å². The van der Waals surface area contributed by atoms with Crippen LogP contribution in [0.4, 0.5) is 4.79 Å². The number of nitrogens with zero attached hydrogens (tertiary/aromatic N) is 4. The smallest absolute Gasteiger partial charge is 0.329 e. The second-order valence-corrected chi connectivity index (χ2v) is 6.87. The Bertz CT molecular complexity index is 847. The molecule has 2 heterocycles. The summed E-state index contributed by atoms with van der Waals surface area (Å²) in [6.45, 7) is 7.69. The lowest BCUT2D eigenvalue weighted by Crippen LogP contribution is -2.46. The molecule has 1 fully saturated rings. The highest BCUT2D eigenvalue weighted by atomic mass is 16.3. The normalized spacial score (nSPS) is 15.6. The van der Waals surface area contributed by atoms with Gasteiger partial charge in [-0.2, -0.15) is 0 Å². The van der Waals surface area contributed by atoms with E-state index < -0.39 is 0 Å². The molecule has 0 saturated carbocycles. The van der Waals surface area contributed by atoms with Gasteiger partial charge in [0.1, 0.15) is 12.1 Å². The van der Waals surface area contributed by atoms with Gasteiger partial charge in [-0.05, 0) is 38.0 Å². The summed E-state index contributed by atoms with van der Waals surface area (Å²) in [4.78, 5) is 21.3. The highest BCUT2D eigenvalue weighted by Gasteiger charge is 2.26. The number of hydrogen-bond donors (Lipinski definition) is 1. The Morgan fingerprint density at radius 3 is 2.78 bits per heavy atom. The van der Waals surface area contributed by atoms with Crippen LogP contribution in [-0.2, 0) is 0 Å². The maximum absolute atomic E-state index is 12.8. The van der Waals surface area contributed by atoms with Crippen LogP contribution in [0.5, 0.6) is 5.75 Å². The van der Waals surface area contributed by atoms with Gasteiger partial charge in [0.25, 0.3) is 0 Å². The van der Waals surface area contributed by atoms with E-state index in [0.29, 0.717) is 5.69 Å². The van der Waals surface area contributed by atoms with Crippen LogP contribution in [-0.4, -0.2) is 56.7 Å². The molecule has 0 unspecified atom stereocenters. The summed E-state index contributed by atoms with van der Waals surface area (Å²) in [5, 5.41) is 9.62. The number of rotatable bonds is 4. The van der Waals surface area contributed by atoms with E-state index in [0.717, 1.165) is 31.5 Å². The number of piperidine rings is 1. The first-order chi connectivity index (χ1) is 13.0. The van der Waals surface area contributed by atoms with Crippen LogP contribution in [0.25, 0.3) is 11.3 Å². The number of likely N-dealkylation sites (tertiary alicyclic amines) is 1. The van der Waals surface area contributed by atoms with E-state index in [9.17, 15) is 9.90 Å². The summed E-state index contributed by atoms with van der Waals surface area (Å²) in [6.07, 6.45) is 8.92. The Labute approximate surface area is 160 Å². The number of benzene rings is 1.